The Balaban J connectivity index is 0.000000244. The topological polar surface area (TPSA) is 101 Å². The van der Waals surface area contributed by atoms with E-state index in [1.165, 1.54) is 39.0 Å². The van der Waals surface area contributed by atoms with Gasteiger partial charge in [0.05, 0.1) is 7.11 Å². The molecule has 0 amide bonds. The zero-order valence-corrected chi connectivity index (χ0v) is 41.1. The van der Waals surface area contributed by atoms with Gasteiger partial charge in [0, 0.05) is 13.2 Å². The van der Waals surface area contributed by atoms with Crippen molar-refractivity contribution >= 4 is 49.3 Å². The predicted octanol–water partition coefficient (Wildman–Crippen LogP) is 9.41. The molecule has 342 valence electrons. The van der Waals surface area contributed by atoms with E-state index in [1.807, 2.05) is 48.5 Å². The van der Waals surface area contributed by atoms with Crippen LogP contribution in [0.4, 0.5) is 0 Å². The number of aryl methyl sites for hydroxylation is 2. The van der Waals surface area contributed by atoms with Gasteiger partial charge >= 0.3 is 11.9 Å². The van der Waals surface area contributed by atoms with Gasteiger partial charge in [0.2, 0.25) is 0 Å². The third-order valence-electron chi connectivity index (χ3n) is 11.5. The molecule has 0 aliphatic carbocycles. The standard InChI is InChI=1S/C28H34O4Si.C27H32O4Si/c1-28(2,3)33(25-13-7-5-8-14-25,26-15-9-6-10-16-26)32-21-11-12-23-17-19-24(20-18-23)31-22-27(29)30-4;1-27(2,3)32(24-12-6-4-7-13-24,25-14-8-5-9-15-25)31-20-10-11-22-16-18-23(19-17-22)30-21-26(28)29/h5-10,13-20H,11-12,21-22H2,1-4H3;4-9,12-19H,10-11,20-21H2,1-3H3,(H,28,29). The third kappa shape index (κ3) is 13.6. The van der Waals surface area contributed by atoms with E-state index in [9.17, 15) is 9.59 Å². The molecule has 0 fully saturated rings. The summed E-state index contributed by atoms with van der Waals surface area (Å²) >= 11 is 0. The lowest BCUT2D eigenvalue weighted by atomic mass is 10.1. The third-order valence-corrected chi connectivity index (χ3v) is 21.6. The van der Waals surface area contributed by atoms with Gasteiger partial charge in [0.15, 0.2) is 13.2 Å². The Labute approximate surface area is 388 Å². The molecule has 0 saturated carbocycles. The number of carbonyl (C=O) groups is 2. The lowest BCUT2D eigenvalue weighted by Crippen LogP contribution is -2.66. The minimum absolute atomic E-state index is 0.0195. The summed E-state index contributed by atoms with van der Waals surface area (Å²) in [6, 6.07) is 58.3. The number of esters is 1. The smallest absolute Gasteiger partial charge is 0.343 e. The normalized spacial score (nSPS) is 11.8. The summed E-state index contributed by atoms with van der Waals surface area (Å²) in [5, 5.41) is 13.9. The van der Waals surface area contributed by atoms with E-state index in [0.29, 0.717) is 24.7 Å². The molecule has 6 aromatic rings. The molecule has 0 aromatic heterocycles. The maximum Gasteiger partial charge on any atom is 0.343 e. The summed E-state index contributed by atoms with van der Waals surface area (Å²) in [5.74, 6) is -0.137. The monoisotopic (exact) mass is 910 g/mol. The van der Waals surface area contributed by atoms with Crippen molar-refractivity contribution in [3.05, 3.63) is 181 Å². The van der Waals surface area contributed by atoms with Gasteiger partial charge in [-0.1, -0.05) is 187 Å². The lowest BCUT2D eigenvalue weighted by molar-refractivity contribution is -0.143. The number of hydrogen-bond donors (Lipinski definition) is 1. The molecule has 10 heteroatoms. The van der Waals surface area contributed by atoms with Crippen LogP contribution < -0.4 is 30.2 Å². The van der Waals surface area contributed by atoms with Crippen LogP contribution in [-0.2, 0) is 36.0 Å². The Morgan fingerprint density at radius 3 is 1.05 bits per heavy atom. The molecule has 0 spiro atoms. The summed E-state index contributed by atoms with van der Waals surface area (Å²) in [5.41, 5.74) is 2.39. The van der Waals surface area contributed by atoms with Crippen LogP contribution in [0.1, 0.15) is 65.5 Å². The van der Waals surface area contributed by atoms with Crippen molar-refractivity contribution in [1.29, 1.82) is 0 Å². The van der Waals surface area contributed by atoms with Crippen LogP contribution in [0.25, 0.3) is 0 Å². The van der Waals surface area contributed by atoms with Crippen molar-refractivity contribution in [3.63, 3.8) is 0 Å². The molecule has 0 bridgehead atoms. The summed E-state index contributed by atoms with van der Waals surface area (Å²) in [6.45, 7) is 14.7. The second-order valence-electron chi connectivity index (χ2n) is 18.1. The average Bonchev–Trinajstić information content (AvgIpc) is 3.31. The average molecular weight is 911 g/mol. The minimum Gasteiger partial charge on any atom is -0.482 e. The molecule has 0 aliphatic heterocycles. The highest BCUT2D eigenvalue weighted by Gasteiger charge is 2.51. The highest BCUT2D eigenvalue weighted by Crippen LogP contribution is 2.38. The lowest BCUT2D eigenvalue weighted by Gasteiger charge is -2.43. The molecule has 6 rings (SSSR count). The summed E-state index contributed by atoms with van der Waals surface area (Å²) in [6.07, 6.45) is 3.62. The highest BCUT2D eigenvalue weighted by atomic mass is 28.4. The van der Waals surface area contributed by atoms with Crippen molar-refractivity contribution in [3.8, 4) is 11.5 Å². The molecule has 65 heavy (non-hydrogen) atoms. The van der Waals surface area contributed by atoms with Crippen LogP contribution in [0, 0.1) is 0 Å². The number of carboxylic acid groups (broad SMARTS) is 1. The number of hydrogen-bond acceptors (Lipinski definition) is 7. The highest BCUT2D eigenvalue weighted by molar-refractivity contribution is 7.00. The second-order valence-corrected chi connectivity index (χ2v) is 26.7. The van der Waals surface area contributed by atoms with Gasteiger partial charge in [-0.25, -0.2) is 9.59 Å². The second kappa shape index (κ2) is 23.9. The van der Waals surface area contributed by atoms with E-state index in [1.54, 1.807) is 0 Å². The maximum absolute atomic E-state index is 11.2. The van der Waals surface area contributed by atoms with E-state index < -0.39 is 22.6 Å². The number of methoxy groups -OCH3 is 1. The molecule has 0 aliphatic rings. The van der Waals surface area contributed by atoms with E-state index >= 15 is 0 Å². The molecule has 6 aromatic carbocycles. The van der Waals surface area contributed by atoms with Gasteiger partial charge < -0.3 is 28.2 Å². The first kappa shape index (κ1) is 50.2. The van der Waals surface area contributed by atoms with Gasteiger partial charge in [0.25, 0.3) is 16.6 Å². The molecule has 0 unspecified atom stereocenters. The predicted molar refractivity (Wildman–Crippen MR) is 267 cm³/mol. The first-order valence-electron chi connectivity index (χ1n) is 22.4. The fourth-order valence-electron chi connectivity index (χ4n) is 8.38. The Hall–Kier alpha value is -5.79. The Morgan fingerprint density at radius 1 is 0.462 bits per heavy atom. The quantitative estimate of drug-likeness (QED) is 0.0460. The van der Waals surface area contributed by atoms with Crippen LogP contribution in [0.5, 0.6) is 11.5 Å². The number of benzene rings is 6. The van der Waals surface area contributed by atoms with Crippen LogP contribution in [0.15, 0.2) is 170 Å². The summed E-state index contributed by atoms with van der Waals surface area (Å²) in [4.78, 5) is 21.9. The van der Waals surface area contributed by atoms with Gasteiger partial charge in [-0.2, -0.15) is 0 Å². The summed E-state index contributed by atoms with van der Waals surface area (Å²) in [7, 11) is -3.63. The Morgan fingerprint density at radius 2 is 0.769 bits per heavy atom. The first-order chi connectivity index (χ1) is 31.2. The fourth-order valence-corrected chi connectivity index (χ4v) is 17.6. The molecule has 0 atom stereocenters. The number of carboxylic acids is 1. The molecule has 0 heterocycles. The van der Waals surface area contributed by atoms with Crippen molar-refractivity contribution in [2.45, 2.75) is 77.3 Å². The van der Waals surface area contributed by atoms with Crippen LogP contribution in [-0.4, -0.2) is 67.2 Å². The Bertz CT molecular complexity index is 2230. The number of rotatable bonds is 20. The van der Waals surface area contributed by atoms with Crippen LogP contribution in [0.2, 0.25) is 10.1 Å². The number of carbonyl (C=O) groups excluding carboxylic acids is 1. The molecule has 1 N–H and O–H groups in total. The molecular formula is C55H66O8Si2. The Kier molecular flexibility index (Phi) is 18.5. The van der Waals surface area contributed by atoms with Crippen molar-refractivity contribution in [2.24, 2.45) is 0 Å². The van der Waals surface area contributed by atoms with Crippen molar-refractivity contribution in [2.75, 3.05) is 33.5 Å². The maximum atomic E-state index is 11.2. The van der Waals surface area contributed by atoms with Crippen molar-refractivity contribution in [1.82, 2.24) is 0 Å². The van der Waals surface area contributed by atoms with Gasteiger partial charge in [-0.15, -0.1) is 0 Å². The number of ether oxygens (including phenoxy) is 3. The largest absolute Gasteiger partial charge is 0.482 e. The van der Waals surface area contributed by atoms with E-state index in [-0.39, 0.29) is 29.3 Å². The molecule has 8 nitrogen and oxygen atoms in total. The first-order valence-corrected chi connectivity index (χ1v) is 26.2. The SMILES string of the molecule is CC(C)(C)[Si](OCCCc1ccc(OCC(=O)O)cc1)(c1ccccc1)c1ccccc1.COC(=O)COc1ccc(CCCO[Si](c2ccccc2)(c2ccccc2)C(C)(C)C)cc1. The van der Waals surface area contributed by atoms with E-state index in [0.717, 1.165) is 25.7 Å². The minimum atomic E-state index is -2.49. The molecular weight excluding hydrogens is 845 g/mol. The zero-order chi connectivity index (χ0) is 46.8. The zero-order valence-electron chi connectivity index (χ0n) is 39.1. The van der Waals surface area contributed by atoms with E-state index in [2.05, 4.69) is 168 Å². The van der Waals surface area contributed by atoms with Gasteiger partial charge in [0.1, 0.15) is 11.5 Å². The van der Waals surface area contributed by atoms with Gasteiger partial charge in [-0.3, -0.25) is 0 Å². The molecule has 0 radical (unpaired) electrons. The van der Waals surface area contributed by atoms with E-state index in [4.69, 9.17) is 23.4 Å². The molecule has 0 saturated heterocycles. The fraction of sp³-hybridized carbons (Fsp3) is 0.309. The van der Waals surface area contributed by atoms with Crippen molar-refractivity contribution < 1.29 is 37.8 Å². The van der Waals surface area contributed by atoms with Crippen LogP contribution >= 0.6 is 0 Å². The van der Waals surface area contributed by atoms with Gasteiger partial charge in [-0.05, 0) is 91.9 Å². The van der Waals surface area contributed by atoms with Crippen LogP contribution in [0.3, 0.4) is 0 Å². The summed E-state index contributed by atoms with van der Waals surface area (Å²) < 4.78 is 29.1. The number of aliphatic carboxylic acids is 1.